The van der Waals surface area contributed by atoms with Crippen LogP contribution in [0, 0.1) is 13.8 Å². The number of phenolic OH excluding ortho intramolecular Hbond substituents is 1. The van der Waals surface area contributed by atoms with Crippen LogP contribution in [-0.2, 0) is 5.41 Å². The highest BCUT2D eigenvalue weighted by atomic mass is 16.5. The van der Waals surface area contributed by atoms with E-state index in [1.807, 2.05) is 18.2 Å². The largest absolute Gasteiger partial charge is 0.508 e. The van der Waals surface area contributed by atoms with Crippen LogP contribution in [0.3, 0.4) is 0 Å². The summed E-state index contributed by atoms with van der Waals surface area (Å²) in [6.45, 7) is 14.2. The predicted molar refractivity (Wildman–Crippen MR) is 142 cm³/mol. The number of ether oxygens (including phenoxy) is 2. The number of aromatic nitrogens is 3. The minimum atomic E-state index is -0.382. The van der Waals surface area contributed by atoms with Gasteiger partial charge in [0.05, 0.1) is 24.6 Å². The average molecular weight is 495 g/mol. The molecule has 1 aromatic heterocycles. The third kappa shape index (κ3) is 5.80. The summed E-state index contributed by atoms with van der Waals surface area (Å²) in [5.74, 6) is 0.796. The van der Waals surface area contributed by atoms with E-state index in [0.29, 0.717) is 34.1 Å². The Morgan fingerprint density at radius 2 is 1.86 bits per heavy atom. The molecule has 36 heavy (non-hydrogen) atoms. The van der Waals surface area contributed by atoms with E-state index in [2.05, 4.69) is 50.2 Å². The molecule has 3 rings (SSSR count). The Balaban J connectivity index is 1.98. The van der Waals surface area contributed by atoms with E-state index in [-0.39, 0.29) is 28.9 Å². The van der Waals surface area contributed by atoms with Crippen LogP contribution in [0.15, 0.2) is 30.3 Å². The summed E-state index contributed by atoms with van der Waals surface area (Å²) in [5.41, 5.74) is 3.56. The summed E-state index contributed by atoms with van der Waals surface area (Å²) in [7, 11) is 1.51. The van der Waals surface area contributed by atoms with Crippen molar-refractivity contribution in [1.29, 1.82) is 0 Å². The molecule has 194 valence electrons. The number of carbonyl (C=O) groups excluding carboxylic acids is 1. The number of benzene rings is 2. The highest BCUT2D eigenvalue weighted by molar-refractivity contribution is 6.04. The first-order valence-electron chi connectivity index (χ1n) is 12.4. The molecule has 1 atom stereocenters. The summed E-state index contributed by atoms with van der Waals surface area (Å²) in [6, 6.07) is 9.22. The minimum absolute atomic E-state index is 0.0685. The van der Waals surface area contributed by atoms with Crippen LogP contribution in [-0.4, -0.2) is 39.2 Å². The van der Waals surface area contributed by atoms with Crippen molar-refractivity contribution in [3.63, 3.8) is 0 Å². The van der Waals surface area contributed by atoms with Crippen LogP contribution >= 0.6 is 0 Å². The van der Waals surface area contributed by atoms with E-state index in [1.165, 1.54) is 17.9 Å². The molecule has 0 radical (unpaired) electrons. The van der Waals surface area contributed by atoms with Crippen molar-refractivity contribution in [3.8, 4) is 22.9 Å². The van der Waals surface area contributed by atoms with E-state index >= 15 is 0 Å². The maximum atomic E-state index is 13.4. The molecule has 0 saturated heterocycles. The Labute approximate surface area is 213 Å². The maximum Gasteiger partial charge on any atom is 0.278 e. The zero-order valence-electron chi connectivity index (χ0n) is 22.6. The van der Waals surface area contributed by atoms with Crippen molar-refractivity contribution in [3.05, 3.63) is 52.8 Å². The van der Waals surface area contributed by atoms with Gasteiger partial charge in [-0.25, -0.2) is 4.68 Å². The average Bonchev–Trinajstić information content (AvgIpc) is 3.21. The zero-order valence-corrected chi connectivity index (χ0v) is 22.6. The maximum absolute atomic E-state index is 13.4. The first-order valence-corrected chi connectivity index (χ1v) is 12.4. The molecule has 1 amide bonds. The van der Waals surface area contributed by atoms with Crippen molar-refractivity contribution in [1.82, 2.24) is 15.0 Å². The smallest absolute Gasteiger partial charge is 0.278 e. The predicted octanol–water partition coefficient (Wildman–Crippen LogP) is 6.11. The third-order valence-corrected chi connectivity index (χ3v) is 6.29. The number of anilines is 1. The van der Waals surface area contributed by atoms with Gasteiger partial charge in [0.25, 0.3) is 5.91 Å². The summed E-state index contributed by atoms with van der Waals surface area (Å²) < 4.78 is 13.3. The van der Waals surface area contributed by atoms with Crippen LogP contribution in [0.2, 0.25) is 0 Å². The van der Waals surface area contributed by atoms with Gasteiger partial charge in [-0.05, 0) is 61.4 Å². The molecular formula is C28H38N4O4. The Hall–Kier alpha value is -3.55. The van der Waals surface area contributed by atoms with Gasteiger partial charge in [0, 0.05) is 6.07 Å². The number of rotatable bonds is 9. The van der Waals surface area contributed by atoms with Crippen molar-refractivity contribution in [2.24, 2.45) is 0 Å². The number of amides is 1. The lowest BCUT2D eigenvalue weighted by molar-refractivity contribution is 0.102. The molecule has 0 bridgehead atoms. The molecule has 0 fully saturated rings. The molecule has 2 aromatic carbocycles. The van der Waals surface area contributed by atoms with Gasteiger partial charge in [-0.3, -0.25) is 4.79 Å². The first-order chi connectivity index (χ1) is 17.0. The second kappa shape index (κ2) is 11.0. The molecule has 0 unspecified atom stereocenters. The van der Waals surface area contributed by atoms with Crippen LogP contribution in [0.4, 0.5) is 5.69 Å². The Morgan fingerprint density at radius 3 is 2.47 bits per heavy atom. The van der Waals surface area contributed by atoms with Gasteiger partial charge in [-0.2, -0.15) is 0 Å². The van der Waals surface area contributed by atoms with Crippen LogP contribution < -0.4 is 14.8 Å². The number of phenols is 1. The lowest BCUT2D eigenvalue weighted by Gasteiger charge is -2.24. The van der Waals surface area contributed by atoms with Gasteiger partial charge in [0.15, 0.2) is 5.69 Å². The molecule has 0 aliphatic heterocycles. The second-order valence-electron chi connectivity index (χ2n) is 10.1. The Kier molecular flexibility index (Phi) is 8.28. The monoisotopic (exact) mass is 494 g/mol. The molecule has 1 heterocycles. The van der Waals surface area contributed by atoms with Gasteiger partial charge >= 0.3 is 0 Å². The van der Waals surface area contributed by atoms with Crippen molar-refractivity contribution in [2.45, 2.75) is 79.2 Å². The van der Waals surface area contributed by atoms with Gasteiger partial charge in [0.2, 0.25) is 0 Å². The fourth-order valence-corrected chi connectivity index (χ4v) is 3.99. The second-order valence-corrected chi connectivity index (χ2v) is 10.1. The van der Waals surface area contributed by atoms with Crippen molar-refractivity contribution < 1.29 is 19.4 Å². The fraction of sp³-hybridized carbons (Fsp3) is 0.464. The van der Waals surface area contributed by atoms with E-state index in [4.69, 9.17) is 9.47 Å². The van der Waals surface area contributed by atoms with Gasteiger partial charge in [0.1, 0.15) is 22.9 Å². The molecule has 0 aliphatic carbocycles. The Morgan fingerprint density at radius 1 is 1.14 bits per heavy atom. The summed E-state index contributed by atoms with van der Waals surface area (Å²) >= 11 is 0. The molecule has 0 saturated carbocycles. The van der Waals surface area contributed by atoms with Gasteiger partial charge < -0.3 is 19.9 Å². The minimum Gasteiger partial charge on any atom is -0.508 e. The summed E-state index contributed by atoms with van der Waals surface area (Å²) in [4.78, 5) is 13.4. The molecule has 8 nitrogen and oxygen atoms in total. The highest BCUT2D eigenvalue weighted by Crippen LogP contribution is 2.34. The molecule has 8 heteroatoms. The van der Waals surface area contributed by atoms with E-state index in [1.54, 1.807) is 19.9 Å². The Bertz CT molecular complexity index is 1230. The molecule has 3 aromatic rings. The number of carbonyl (C=O) groups is 1. The van der Waals surface area contributed by atoms with Crippen LogP contribution in [0.1, 0.15) is 81.2 Å². The van der Waals surface area contributed by atoms with E-state index in [0.717, 1.165) is 24.8 Å². The highest BCUT2D eigenvalue weighted by Gasteiger charge is 2.23. The van der Waals surface area contributed by atoms with E-state index in [9.17, 15) is 9.90 Å². The van der Waals surface area contributed by atoms with Gasteiger partial charge in [-0.15, -0.1) is 5.10 Å². The van der Waals surface area contributed by atoms with Crippen molar-refractivity contribution in [2.75, 3.05) is 12.4 Å². The normalized spacial score (nSPS) is 12.3. The van der Waals surface area contributed by atoms with E-state index < -0.39 is 0 Å². The topological polar surface area (TPSA) is 98.5 Å². The number of hydrogen-bond donors (Lipinski definition) is 2. The molecular weight excluding hydrogens is 456 g/mol. The number of aromatic hydroxyl groups is 1. The number of nitrogens with one attached hydrogen (secondary N) is 1. The standard InChI is InChI=1S/C28H38N4O4/c1-9-11-20(10-2)36-24-13-12-19(28(5,6)7)15-21(24)29-27(34)26-18(4)32(31-30-26)22-14-17(3)23(33)16-25(22)35-8/h12-16,20,33H,9-11H2,1-8H3,(H,29,34)/t20-/m0/s1. The van der Waals surface area contributed by atoms with Crippen molar-refractivity contribution >= 4 is 11.6 Å². The number of aryl methyl sites for hydroxylation is 1. The zero-order chi connectivity index (χ0) is 26.6. The number of nitrogens with zero attached hydrogens (tertiary/aromatic N) is 3. The number of methoxy groups -OCH3 is 1. The quantitative estimate of drug-likeness (QED) is 0.373. The lowest BCUT2D eigenvalue weighted by Crippen LogP contribution is -2.20. The summed E-state index contributed by atoms with van der Waals surface area (Å²) in [5, 5.41) is 21.4. The lowest BCUT2D eigenvalue weighted by atomic mass is 9.87. The van der Waals surface area contributed by atoms with Crippen LogP contribution in [0.25, 0.3) is 5.69 Å². The molecule has 0 aliphatic rings. The fourth-order valence-electron chi connectivity index (χ4n) is 3.99. The first kappa shape index (κ1) is 27.0. The third-order valence-electron chi connectivity index (χ3n) is 6.29. The van der Waals surface area contributed by atoms with Gasteiger partial charge in [-0.1, -0.05) is 52.3 Å². The molecule has 2 N–H and O–H groups in total. The van der Waals surface area contributed by atoms with Crippen LogP contribution in [0.5, 0.6) is 17.2 Å². The summed E-state index contributed by atoms with van der Waals surface area (Å²) in [6.07, 6.45) is 2.90. The SMILES string of the molecule is CCC[C@H](CC)Oc1ccc(C(C)(C)C)cc1NC(=O)c1nnn(-c2cc(C)c(O)cc2OC)c1C. The number of hydrogen-bond acceptors (Lipinski definition) is 6. The molecule has 0 spiro atoms.